The number of rotatable bonds is 4. The van der Waals surface area contributed by atoms with Crippen LogP contribution in [0.15, 0.2) is 29.2 Å². The summed E-state index contributed by atoms with van der Waals surface area (Å²) >= 11 is 0. The molecule has 8 nitrogen and oxygen atoms in total. The highest BCUT2D eigenvalue weighted by Crippen LogP contribution is 2.25. The lowest BCUT2D eigenvalue weighted by Crippen LogP contribution is -2.55. The highest BCUT2D eigenvalue weighted by atomic mass is 32.2. The van der Waals surface area contributed by atoms with E-state index in [0.717, 1.165) is 5.56 Å². The summed E-state index contributed by atoms with van der Waals surface area (Å²) in [6.07, 6.45) is 0. The quantitative estimate of drug-likeness (QED) is 0.788. The SMILES string of the molecule is C[C@H](C(=O)N1CCNC1=O)N1CCN(S(=O)(=O)c2ccc(C(C)(C)C)cc2)CC1. The summed E-state index contributed by atoms with van der Waals surface area (Å²) in [4.78, 5) is 27.7. The number of benzene rings is 1. The molecular weight excluding hydrogens is 392 g/mol. The van der Waals surface area contributed by atoms with Crippen LogP contribution in [-0.2, 0) is 20.2 Å². The van der Waals surface area contributed by atoms with Gasteiger partial charge in [-0.25, -0.2) is 13.2 Å². The van der Waals surface area contributed by atoms with E-state index in [2.05, 4.69) is 26.1 Å². The number of hydrogen-bond donors (Lipinski definition) is 1. The second-order valence-electron chi connectivity index (χ2n) is 8.61. The van der Waals surface area contributed by atoms with Gasteiger partial charge in [-0.1, -0.05) is 32.9 Å². The molecule has 0 aromatic heterocycles. The summed E-state index contributed by atoms with van der Waals surface area (Å²) in [5, 5.41) is 2.63. The van der Waals surface area contributed by atoms with Gasteiger partial charge >= 0.3 is 6.03 Å². The van der Waals surface area contributed by atoms with Crippen molar-refractivity contribution in [3.05, 3.63) is 29.8 Å². The summed E-state index contributed by atoms with van der Waals surface area (Å²) in [5.41, 5.74) is 1.04. The first-order chi connectivity index (χ1) is 13.5. The van der Waals surface area contributed by atoms with Crippen LogP contribution in [0, 0.1) is 0 Å². The van der Waals surface area contributed by atoms with E-state index in [1.807, 2.05) is 17.0 Å². The van der Waals surface area contributed by atoms with Crippen molar-refractivity contribution in [3.63, 3.8) is 0 Å². The molecule has 0 radical (unpaired) electrons. The van der Waals surface area contributed by atoms with Crippen LogP contribution >= 0.6 is 0 Å². The Morgan fingerprint density at radius 3 is 2.10 bits per heavy atom. The molecular formula is C20H30N4O4S. The van der Waals surface area contributed by atoms with Crippen LogP contribution in [0.1, 0.15) is 33.3 Å². The van der Waals surface area contributed by atoms with Crippen molar-refractivity contribution in [2.45, 2.75) is 44.0 Å². The predicted octanol–water partition coefficient (Wildman–Crippen LogP) is 1.23. The molecule has 3 amide bonds. The van der Waals surface area contributed by atoms with E-state index in [-0.39, 0.29) is 22.2 Å². The number of piperazine rings is 1. The maximum Gasteiger partial charge on any atom is 0.324 e. The van der Waals surface area contributed by atoms with Crippen molar-refractivity contribution in [1.29, 1.82) is 0 Å². The van der Waals surface area contributed by atoms with E-state index < -0.39 is 16.1 Å². The molecule has 1 N–H and O–H groups in total. The summed E-state index contributed by atoms with van der Waals surface area (Å²) < 4.78 is 27.4. The van der Waals surface area contributed by atoms with Crippen LogP contribution in [0.5, 0.6) is 0 Å². The Morgan fingerprint density at radius 1 is 1.03 bits per heavy atom. The highest BCUT2D eigenvalue weighted by molar-refractivity contribution is 7.89. The van der Waals surface area contributed by atoms with Crippen molar-refractivity contribution in [2.24, 2.45) is 0 Å². The average Bonchev–Trinajstić information content (AvgIpc) is 3.12. The number of carbonyl (C=O) groups is 2. The molecule has 160 valence electrons. The molecule has 0 unspecified atom stereocenters. The molecule has 1 aromatic carbocycles. The Balaban J connectivity index is 1.63. The maximum atomic E-state index is 13.0. The van der Waals surface area contributed by atoms with E-state index in [4.69, 9.17) is 0 Å². The van der Waals surface area contributed by atoms with Gasteiger partial charge in [0.2, 0.25) is 15.9 Å². The van der Waals surface area contributed by atoms with Gasteiger partial charge in [0.05, 0.1) is 10.9 Å². The van der Waals surface area contributed by atoms with E-state index >= 15 is 0 Å². The second-order valence-corrected chi connectivity index (χ2v) is 10.6. The molecule has 29 heavy (non-hydrogen) atoms. The zero-order valence-corrected chi connectivity index (χ0v) is 18.3. The third-order valence-electron chi connectivity index (χ3n) is 5.66. The lowest BCUT2D eigenvalue weighted by molar-refractivity contribution is -0.133. The Bertz CT molecular complexity index is 869. The first-order valence-corrected chi connectivity index (χ1v) is 11.4. The summed E-state index contributed by atoms with van der Waals surface area (Å²) in [7, 11) is -3.57. The van der Waals surface area contributed by atoms with Crippen molar-refractivity contribution in [1.82, 2.24) is 19.4 Å². The molecule has 2 aliphatic rings. The van der Waals surface area contributed by atoms with Crippen LogP contribution in [0.2, 0.25) is 0 Å². The maximum absolute atomic E-state index is 13.0. The first kappa shape index (κ1) is 21.7. The van der Waals surface area contributed by atoms with E-state index in [1.165, 1.54) is 9.21 Å². The molecule has 9 heteroatoms. The zero-order chi connectivity index (χ0) is 21.4. The number of urea groups is 1. The lowest BCUT2D eigenvalue weighted by Gasteiger charge is -2.37. The Labute approximate surface area is 172 Å². The number of amides is 3. The second kappa shape index (κ2) is 8.04. The molecule has 0 aliphatic carbocycles. The summed E-state index contributed by atoms with van der Waals surface area (Å²) in [6.45, 7) is 10.4. The lowest BCUT2D eigenvalue weighted by atomic mass is 9.87. The van der Waals surface area contributed by atoms with Crippen LogP contribution < -0.4 is 5.32 Å². The number of hydrogen-bond acceptors (Lipinski definition) is 5. The Hall–Kier alpha value is -1.97. The molecule has 2 saturated heterocycles. The van der Waals surface area contributed by atoms with Gasteiger partial charge in [-0.3, -0.25) is 14.6 Å². The van der Waals surface area contributed by atoms with Gasteiger partial charge in [0.15, 0.2) is 0 Å². The normalized spacial score (nSPS) is 20.6. The minimum absolute atomic E-state index is 0.0389. The Kier molecular flexibility index (Phi) is 6.03. The van der Waals surface area contributed by atoms with Crippen molar-refractivity contribution < 1.29 is 18.0 Å². The number of sulfonamides is 1. The van der Waals surface area contributed by atoms with E-state index in [9.17, 15) is 18.0 Å². The first-order valence-electron chi connectivity index (χ1n) is 9.96. The fraction of sp³-hybridized carbons (Fsp3) is 0.600. The minimum Gasteiger partial charge on any atom is -0.336 e. The molecule has 3 rings (SSSR count). The van der Waals surface area contributed by atoms with Crippen molar-refractivity contribution >= 4 is 22.0 Å². The molecule has 2 fully saturated rings. The van der Waals surface area contributed by atoms with Crippen LogP contribution in [0.25, 0.3) is 0 Å². The summed E-state index contributed by atoms with van der Waals surface area (Å²) in [6, 6.07) is 6.24. The largest absolute Gasteiger partial charge is 0.336 e. The standard InChI is InChI=1S/C20H30N4O4S/c1-15(18(25)24-10-9-21-19(24)26)22-11-13-23(14-12-22)29(27,28)17-7-5-16(6-8-17)20(2,3)4/h5-8,15H,9-14H2,1-4H3,(H,21,26)/t15-/m1/s1. The molecule has 1 atom stereocenters. The van der Waals surface area contributed by atoms with Gasteiger partial charge < -0.3 is 5.32 Å². The van der Waals surface area contributed by atoms with Crippen molar-refractivity contribution in [2.75, 3.05) is 39.3 Å². The number of carbonyl (C=O) groups excluding carboxylic acids is 2. The number of nitrogens with one attached hydrogen (secondary N) is 1. The van der Waals surface area contributed by atoms with Crippen LogP contribution in [0.4, 0.5) is 4.79 Å². The zero-order valence-electron chi connectivity index (χ0n) is 17.5. The van der Waals surface area contributed by atoms with Crippen LogP contribution in [-0.4, -0.2) is 79.8 Å². The average molecular weight is 423 g/mol. The monoisotopic (exact) mass is 422 g/mol. The summed E-state index contributed by atoms with van der Waals surface area (Å²) in [5.74, 6) is -0.242. The van der Waals surface area contributed by atoms with E-state index in [0.29, 0.717) is 39.3 Å². The van der Waals surface area contributed by atoms with Crippen molar-refractivity contribution in [3.8, 4) is 0 Å². The molecule has 2 heterocycles. The number of imide groups is 1. The highest BCUT2D eigenvalue weighted by Gasteiger charge is 2.36. The molecule has 2 aliphatic heterocycles. The smallest absolute Gasteiger partial charge is 0.324 e. The fourth-order valence-corrected chi connectivity index (χ4v) is 5.09. The third kappa shape index (κ3) is 4.46. The van der Waals surface area contributed by atoms with Gasteiger partial charge in [-0.2, -0.15) is 4.31 Å². The Morgan fingerprint density at radius 2 is 1.62 bits per heavy atom. The van der Waals surface area contributed by atoms with Gasteiger partial charge in [0.1, 0.15) is 0 Å². The molecule has 1 aromatic rings. The van der Waals surface area contributed by atoms with Gasteiger partial charge in [0.25, 0.3) is 0 Å². The number of nitrogens with zero attached hydrogens (tertiary/aromatic N) is 3. The van der Waals surface area contributed by atoms with Gasteiger partial charge in [0, 0.05) is 39.3 Å². The van der Waals surface area contributed by atoms with Gasteiger partial charge in [-0.05, 0) is 30.0 Å². The molecule has 0 bridgehead atoms. The van der Waals surface area contributed by atoms with E-state index in [1.54, 1.807) is 19.1 Å². The molecule has 0 saturated carbocycles. The van der Waals surface area contributed by atoms with Gasteiger partial charge in [-0.15, -0.1) is 0 Å². The molecule has 0 spiro atoms. The fourth-order valence-electron chi connectivity index (χ4n) is 3.67. The minimum atomic E-state index is -3.57. The topological polar surface area (TPSA) is 90.0 Å². The van der Waals surface area contributed by atoms with Crippen LogP contribution in [0.3, 0.4) is 0 Å². The third-order valence-corrected chi connectivity index (χ3v) is 7.57. The predicted molar refractivity (Wildman–Crippen MR) is 110 cm³/mol.